The number of methoxy groups -OCH3 is 2. The Morgan fingerprint density at radius 1 is 1.03 bits per heavy atom. The molecule has 0 bridgehead atoms. The molecule has 0 radical (unpaired) electrons. The van der Waals surface area contributed by atoms with Crippen molar-refractivity contribution in [3.8, 4) is 11.5 Å². The number of nitrogens with one attached hydrogen (secondary N) is 2. The van der Waals surface area contributed by atoms with Crippen LogP contribution in [0.3, 0.4) is 0 Å². The van der Waals surface area contributed by atoms with E-state index in [1.165, 1.54) is 24.0 Å². The van der Waals surface area contributed by atoms with Crippen LogP contribution in [0.25, 0.3) is 0 Å². The Balaban J connectivity index is 0.00000225. The number of ether oxygens (including phenoxy) is 2. The van der Waals surface area contributed by atoms with Crippen molar-refractivity contribution < 1.29 is 9.47 Å². The van der Waals surface area contributed by atoms with E-state index < -0.39 is 0 Å². The first-order valence-corrected chi connectivity index (χ1v) is 10.4. The molecule has 0 amide bonds. The van der Waals surface area contributed by atoms with Crippen LogP contribution in [0.1, 0.15) is 36.8 Å². The molecule has 168 valence electrons. The highest BCUT2D eigenvalue weighted by atomic mass is 35.5. The van der Waals surface area contributed by atoms with E-state index in [0.29, 0.717) is 6.04 Å². The molecule has 0 heterocycles. The van der Waals surface area contributed by atoms with Gasteiger partial charge in [-0.15, -0.1) is 24.8 Å². The third-order valence-corrected chi connectivity index (χ3v) is 6.29. The largest absolute Gasteiger partial charge is 0.493 e. The van der Waals surface area contributed by atoms with Crippen LogP contribution in [-0.4, -0.2) is 33.9 Å². The average Bonchev–Trinajstić information content (AvgIpc) is 2.74. The second kappa shape index (κ2) is 12.6. The quantitative estimate of drug-likeness (QED) is 0.537. The number of likely N-dealkylation sites (N-methyl/N-ethyl adjacent to an activating group) is 1. The maximum atomic E-state index is 6.59. The summed E-state index contributed by atoms with van der Waals surface area (Å²) in [6.07, 6.45) is 5.60. The molecule has 1 saturated carbocycles. The molecule has 4 nitrogen and oxygen atoms in total. The average molecular weight is 476 g/mol. The van der Waals surface area contributed by atoms with Gasteiger partial charge in [-0.2, -0.15) is 0 Å². The molecule has 30 heavy (non-hydrogen) atoms. The summed E-state index contributed by atoms with van der Waals surface area (Å²) in [7, 11) is 5.39. The van der Waals surface area contributed by atoms with E-state index in [9.17, 15) is 0 Å². The Bertz CT molecular complexity index is 791. The smallest absolute Gasteiger partial charge is 0.160 e. The van der Waals surface area contributed by atoms with Gasteiger partial charge in [-0.3, -0.25) is 0 Å². The Labute approximate surface area is 197 Å². The van der Waals surface area contributed by atoms with Gasteiger partial charge in [0.15, 0.2) is 11.5 Å². The maximum Gasteiger partial charge on any atom is 0.160 e. The van der Waals surface area contributed by atoms with Crippen molar-refractivity contribution in [3.63, 3.8) is 0 Å². The highest BCUT2D eigenvalue weighted by Gasteiger charge is 2.41. The zero-order valence-electron chi connectivity index (χ0n) is 17.9. The van der Waals surface area contributed by atoms with E-state index in [2.05, 4.69) is 41.9 Å². The Morgan fingerprint density at radius 3 is 2.43 bits per heavy atom. The van der Waals surface area contributed by atoms with Crippen LogP contribution in [0, 0.1) is 0 Å². The van der Waals surface area contributed by atoms with Gasteiger partial charge in [0.2, 0.25) is 0 Å². The molecule has 2 aromatic rings. The zero-order valence-corrected chi connectivity index (χ0v) is 20.3. The minimum absolute atomic E-state index is 0. The highest BCUT2D eigenvalue weighted by molar-refractivity contribution is 6.31. The van der Waals surface area contributed by atoms with E-state index in [4.69, 9.17) is 21.1 Å². The lowest BCUT2D eigenvalue weighted by atomic mass is 9.72. The fourth-order valence-corrected chi connectivity index (χ4v) is 4.76. The molecule has 0 spiro atoms. The van der Waals surface area contributed by atoms with Gasteiger partial charge in [0, 0.05) is 11.1 Å². The van der Waals surface area contributed by atoms with Gasteiger partial charge in [0.1, 0.15) is 0 Å². The molecule has 0 saturated heterocycles. The molecule has 1 fully saturated rings. The van der Waals surface area contributed by atoms with Gasteiger partial charge in [0.25, 0.3) is 0 Å². The van der Waals surface area contributed by atoms with Gasteiger partial charge in [-0.25, -0.2) is 0 Å². The van der Waals surface area contributed by atoms with Crippen LogP contribution in [0.5, 0.6) is 11.5 Å². The van der Waals surface area contributed by atoms with Crippen LogP contribution in [0.4, 0.5) is 0 Å². The third kappa shape index (κ3) is 5.74. The predicted octanol–water partition coefficient (Wildman–Crippen LogP) is 5.39. The monoisotopic (exact) mass is 474 g/mol. The summed E-state index contributed by atoms with van der Waals surface area (Å²) in [6, 6.07) is 14.7. The third-order valence-electron chi connectivity index (χ3n) is 5.96. The maximum absolute atomic E-state index is 6.59. The number of benzene rings is 2. The standard InChI is InChI=1S/C23H31ClN2O2.2ClH/c1-25-23(18-8-4-5-9-19(18)24)14-7-6-10-22(23)26-15-13-17-11-12-20(27-2)21(16-17)28-3;;/h4-5,8-9,11-12,16,22,25-26H,6-7,10,13-15H2,1-3H3;2*1H/t22-,23+;;/m0../s1. The summed E-state index contributed by atoms with van der Waals surface area (Å²) in [4.78, 5) is 0. The first kappa shape index (κ1) is 26.9. The van der Waals surface area contributed by atoms with Gasteiger partial charge in [-0.05, 0) is 62.2 Å². The van der Waals surface area contributed by atoms with Crippen LogP contribution < -0.4 is 20.1 Å². The summed E-state index contributed by atoms with van der Waals surface area (Å²) < 4.78 is 10.8. The van der Waals surface area contributed by atoms with Gasteiger partial charge < -0.3 is 20.1 Å². The lowest BCUT2D eigenvalue weighted by molar-refractivity contribution is 0.179. The number of rotatable bonds is 8. The molecule has 0 aliphatic heterocycles. The van der Waals surface area contributed by atoms with E-state index >= 15 is 0 Å². The molecule has 0 unspecified atom stereocenters. The molecule has 2 atom stereocenters. The van der Waals surface area contributed by atoms with Crippen LogP contribution >= 0.6 is 36.4 Å². The number of hydrogen-bond acceptors (Lipinski definition) is 4. The van der Waals surface area contributed by atoms with Crippen molar-refractivity contribution in [3.05, 3.63) is 58.6 Å². The normalized spacial score (nSPS) is 20.6. The van der Waals surface area contributed by atoms with E-state index in [1.54, 1.807) is 14.2 Å². The first-order valence-electron chi connectivity index (χ1n) is 10.0. The van der Waals surface area contributed by atoms with E-state index in [1.807, 2.05) is 18.2 Å². The minimum Gasteiger partial charge on any atom is -0.493 e. The summed E-state index contributed by atoms with van der Waals surface area (Å²) in [5.74, 6) is 1.54. The van der Waals surface area contributed by atoms with Crippen LogP contribution in [0.15, 0.2) is 42.5 Å². The molecule has 3 rings (SSSR count). The Kier molecular flexibility index (Phi) is 11.3. The summed E-state index contributed by atoms with van der Waals surface area (Å²) in [5, 5.41) is 8.27. The Morgan fingerprint density at radius 2 is 1.77 bits per heavy atom. The Hall–Kier alpha value is -1.17. The van der Waals surface area contributed by atoms with Crippen molar-refractivity contribution >= 4 is 36.4 Å². The number of hydrogen-bond donors (Lipinski definition) is 2. The van der Waals surface area contributed by atoms with Crippen molar-refractivity contribution in [1.82, 2.24) is 10.6 Å². The van der Waals surface area contributed by atoms with Crippen LogP contribution in [-0.2, 0) is 12.0 Å². The van der Waals surface area contributed by atoms with Crippen molar-refractivity contribution in [1.29, 1.82) is 0 Å². The second-order valence-electron chi connectivity index (χ2n) is 7.39. The summed E-state index contributed by atoms with van der Waals surface area (Å²) in [6.45, 7) is 0.897. The van der Waals surface area contributed by atoms with E-state index in [0.717, 1.165) is 42.3 Å². The molecule has 1 aliphatic carbocycles. The molecule has 0 aromatic heterocycles. The molecular formula is C23H33Cl3N2O2. The van der Waals surface area contributed by atoms with Gasteiger partial charge in [-0.1, -0.05) is 48.7 Å². The van der Waals surface area contributed by atoms with Crippen molar-refractivity contribution in [2.24, 2.45) is 0 Å². The van der Waals surface area contributed by atoms with Gasteiger partial charge >= 0.3 is 0 Å². The predicted molar refractivity (Wildman–Crippen MR) is 130 cm³/mol. The molecule has 7 heteroatoms. The zero-order chi connectivity index (χ0) is 20.0. The van der Waals surface area contributed by atoms with E-state index in [-0.39, 0.29) is 30.4 Å². The molecule has 2 aromatic carbocycles. The first-order chi connectivity index (χ1) is 13.6. The summed E-state index contributed by atoms with van der Waals surface area (Å²) >= 11 is 6.59. The number of halogens is 3. The lowest BCUT2D eigenvalue weighted by Crippen LogP contribution is -2.58. The van der Waals surface area contributed by atoms with Crippen molar-refractivity contribution in [2.45, 2.75) is 43.7 Å². The van der Waals surface area contributed by atoms with Crippen molar-refractivity contribution in [2.75, 3.05) is 27.8 Å². The highest BCUT2D eigenvalue weighted by Crippen LogP contribution is 2.40. The SMILES string of the molecule is CN[C@@]1(c2ccccc2Cl)CCCC[C@@H]1NCCc1ccc(OC)c(OC)c1.Cl.Cl. The second-order valence-corrected chi connectivity index (χ2v) is 7.80. The topological polar surface area (TPSA) is 42.5 Å². The molecule has 2 N–H and O–H groups in total. The molecule has 1 aliphatic rings. The summed E-state index contributed by atoms with van der Waals surface area (Å²) in [5.41, 5.74) is 2.30. The van der Waals surface area contributed by atoms with Crippen LogP contribution in [0.2, 0.25) is 5.02 Å². The molecular weight excluding hydrogens is 443 g/mol. The fraction of sp³-hybridized carbons (Fsp3) is 0.478. The van der Waals surface area contributed by atoms with Gasteiger partial charge in [0.05, 0.1) is 19.8 Å². The fourth-order valence-electron chi connectivity index (χ4n) is 4.46. The minimum atomic E-state index is -0.131. The lowest BCUT2D eigenvalue weighted by Gasteiger charge is -2.45.